The van der Waals surface area contributed by atoms with Crippen LogP contribution in [0.4, 0.5) is 0 Å². The zero-order valence-corrected chi connectivity index (χ0v) is 11.3. The van der Waals surface area contributed by atoms with E-state index in [9.17, 15) is 4.79 Å². The molecule has 1 heterocycles. The van der Waals surface area contributed by atoms with Gasteiger partial charge in [-0.1, -0.05) is 28.9 Å². The number of hydrogen-bond acceptors (Lipinski definition) is 4. The molecular formula is C13H13ClN2O3. The van der Waals surface area contributed by atoms with Crippen LogP contribution in [0.1, 0.15) is 16.1 Å². The van der Waals surface area contributed by atoms with Crippen LogP contribution < -0.4 is 0 Å². The molecule has 1 aromatic heterocycles. The fourth-order valence-corrected chi connectivity index (χ4v) is 1.93. The number of halogens is 1. The lowest BCUT2D eigenvalue weighted by molar-refractivity contribution is 0.0652. The molecule has 2 aromatic rings. The van der Waals surface area contributed by atoms with Crippen LogP contribution in [0, 0.1) is 0 Å². The van der Waals surface area contributed by atoms with Crippen molar-refractivity contribution >= 4 is 17.6 Å². The highest BCUT2D eigenvalue weighted by atomic mass is 35.5. The molecule has 0 aliphatic heterocycles. The quantitative estimate of drug-likeness (QED) is 0.933. The number of aromatic carboxylic acids is 1. The number of carboxylic acid groups (broad SMARTS) is 1. The maximum atomic E-state index is 10.7. The number of rotatable bonds is 4. The van der Waals surface area contributed by atoms with Gasteiger partial charge in [0.1, 0.15) is 5.69 Å². The van der Waals surface area contributed by atoms with E-state index in [0.717, 1.165) is 17.7 Å². The van der Waals surface area contributed by atoms with Gasteiger partial charge in [-0.05, 0) is 25.7 Å². The maximum absolute atomic E-state index is 10.7. The second-order valence-corrected chi connectivity index (χ2v) is 4.83. The highest BCUT2D eigenvalue weighted by molar-refractivity contribution is 6.31. The van der Waals surface area contributed by atoms with Gasteiger partial charge in [0.2, 0.25) is 5.76 Å². The van der Waals surface area contributed by atoms with Crippen molar-refractivity contribution in [3.8, 4) is 11.3 Å². The largest absolute Gasteiger partial charge is 0.475 e. The van der Waals surface area contributed by atoms with Gasteiger partial charge in [-0.25, -0.2) is 4.79 Å². The number of aromatic nitrogens is 1. The molecule has 2 rings (SSSR count). The third kappa shape index (κ3) is 3.13. The van der Waals surface area contributed by atoms with Gasteiger partial charge in [-0.15, -0.1) is 0 Å². The topological polar surface area (TPSA) is 66.6 Å². The van der Waals surface area contributed by atoms with E-state index in [1.54, 1.807) is 6.07 Å². The summed E-state index contributed by atoms with van der Waals surface area (Å²) in [4.78, 5) is 12.7. The van der Waals surface area contributed by atoms with Gasteiger partial charge in [0.05, 0.1) is 0 Å². The Morgan fingerprint density at radius 2 is 2.16 bits per heavy atom. The SMILES string of the molecule is CN(C)Cc1ccc(-c2cc(C(=O)O)on2)cc1Cl. The summed E-state index contributed by atoms with van der Waals surface area (Å²) in [6.07, 6.45) is 0. The molecule has 6 heteroatoms. The molecule has 0 spiro atoms. The second kappa shape index (κ2) is 5.42. The van der Waals surface area contributed by atoms with Crippen molar-refractivity contribution in [2.24, 2.45) is 0 Å². The minimum atomic E-state index is -1.14. The van der Waals surface area contributed by atoms with Crippen LogP contribution in [-0.4, -0.2) is 35.2 Å². The lowest BCUT2D eigenvalue weighted by Gasteiger charge is -2.11. The van der Waals surface area contributed by atoms with Crippen LogP contribution in [0.25, 0.3) is 11.3 Å². The Hall–Kier alpha value is -1.85. The fraction of sp³-hybridized carbons (Fsp3) is 0.231. The summed E-state index contributed by atoms with van der Waals surface area (Å²) in [7, 11) is 3.92. The summed E-state index contributed by atoms with van der Waals surface area (Å²) in [5.74, 6) is -1.34. The molecule has 1 N–H and O–H groups in total. The van der Waals surface area contributed by atoms with Crippen LogP contribution in [0.15, 0.2) is 28.8 Å². The van der Waals surface area contributed by atoms with Crippen LogP contribution in [0.3, 0.4) is 0 Å². The van der Waals surface area contributed by atoms with E-state index >= 15 is 0 Å². The average molecular weight is 281 g/mol. The average Bonchev–Trinajstić information content (AvgIpc) is 2.80. The number of hydrogen-bond donors (Lipinski definition) is 1. The molecule has 0 unspecified atom stereocenters. The summed E-state index contributed by atoms with van der Waals surface area (Å²) in [6.45, 7) is 0.734. The molecule has 0 radical (unpaired) electrons. The molecule has 0 saturated heterocycles. The zero-order valence-electron chi connectivity index (χ0n) is 10.6. The predicted octanol–water partition coefficient (Wildman–Crippen LogP) is 2.75. The molecule has 0 bridgehead atoms. The fourth-order valence-electron chi connectivity index (χ4n) is 1.69. The Labute approximate surface area is 115 Å². The smallest absolute Gasteiger partial charge is 0.374 e. The van der Waals surface area contributed by atoms with E-state index < -0.39 is 5.97 Å². The number of carboxylic acids is 1. The standard InChI is InChI=1S/C13H13ClN2O3/c1-16(2)7-9-4-3-8(5-10(9)14)11-6-12(13(17)18)19-15-11/h3-6H,7H2,1-2H3,(H,17,18). The molecule has 100 valence electrons. The van der Waals surface area contributed by atoms with Crippen LogP contribution in [0.5, 0.6) is 0 Å². The monoisotopic (exact) mass is 280 g/mol. The van der Waals surface area contributed by atoms with Crippen molar-refractivity contribution in [2.75, 3.05) is 14.1 Å². The van der Waals surface area contributed by atoms with Gasteiger partial charge < -0.3 is 14.5 Å². The zero-order chi connectivity index (χ0) is 14.0. The van der Waals surface area contributed by atoms with Gasteiger partial charge in [0.15, 0.2) is 0 Å². The van der Waals surface area contributed by atoms with Gasteiger partial charge in [-0.3, -0.25) is 0 Å². The summed E-state index contributed by atoms with van der Waals surface area (Å²) in [6, 6.07) is 6.87. The second-order valence-electron chi connectivity index (χ2n) is 4.43. The molecule has 0 amide bonds. The first-order chi connectivity index (χ1) is 8.97. The van der Waals surface area contributed by atoms with Crippen LogP contribution >= 0.6 is 11.6 Å². The van der Waals surface area contributed by atoms with Crippen molar-refractivity contribution in [2.45, 2.75) is 6.54 Å². The van der Waals surface area contributed by atoms with E-state index in [-0.39, 0.29) is 5.76 Å². The third-order valence-corrected chi connectivity index (χ3v) is 2.91. The first kappa shape index (κ1) is 13.6. The number of carbonyl (C=O) groups is 1. The van der Waals surface area contributed by atoms with Gasteiger partial charge >= 0.3 is 5.97 Å². The van der Waals surface area contributed by atoms with Crippen LogP contribution in [0.2, 0.25) is 5.02 Å². The van der Waals surface area contributed by atoms with E-state index in [0.29, 0.717) is 10.7 Å². The highest BCUT2D eigenvalue weighted by Gasteiger charge is 2.13. The Morgan fingerprint density at radius 1 is 1.42 bits per heavy atom. The molecule has 0 atom stereocenters. The molecule has 5 nitrogen and oxygen atoms in total. The lowest BCUT2D eigenvalue weighted by atomic mass is 10.1. The molecule has 0 fully saturated rings. The normalized spacial score (nSPS) is 10.9. The van der Waals surface area contributed by atoms with E-state index in [4.69, 9.17) is 21.2 Å². The Bertz CT molecular complexity index is 608. The first-order valence-corrected chi connectivity index (χ1v) is 5.98. The number of nitrogens with zero attached hydrogens (tertiary/aromatic N) is 2. The molecule has 0 saturated carbocycles. The van der Waals surface area contributed by atoms with Crippen LogP contribution in [-0.2, 0) is 6.54 Å². The summed E-state index contributed by atoms with van der Waals surface area (Å²) in [5, 5.41) is 13.1. The summed E-state index contributed by atoms with van der Waals surface area (Å²) < 4.78 is 4.71. The first-order valence-electron chi connectivity index (χ1n) is 5.61. The highest BCUT2D eigenvalue weighted by Crippen LogP contribution is 2.26. The summed E-state index contributed by atoms with van der Waals surface area (Å²) >= 11 is 6.19. The van der Waals surface area contributed by atoms with Gasteiger partial charge in [0.25, 0.3) is 0 Å². The molecule has 19 heavy (non-hydrogen) atoms. The molecular weight excluding hydrogens is 268 g/mol. The molecule has 0 aliphatic carbocycles. The Balaban J connectivity index is 2.30. The molecule has 1 aromatic carbocycles. The van der Waals surface area contributed by atoms with E-state index in [2.05, 4.69) is 5.16 Å². The maximum Gasteiger partial charge on any atom is 0.374 e. The molecule has 0 aliphatic rings. The number of benzene rings is 1. The van der Waals surface area contributed by atoms with Crippen molar-refractivity contribution in [3.63, 3.8) is 0 Å². The third-order valence-electron chi connectivity index (χ3n) is 2.56. The van der Waals surface area contributed by atoms with E-state index in [1.165, 1.54) is 6.07 Å². The Kier molecular flexibility index (Phi) is 3.87. The van der Waals surface area contributed by atoms with Gasteiger partial charge in [0, 0.05) is 23.2 Å². The Morgan fingerprint density at radius 3 is 2.68 bits per heavy atom. The van der Waals surface area contributed by atoms with Gasteiger partial charge in [-0.2, -0.15) is 0 Å². The van der Waals surface area contributed by atoms with E-state index in [1.807, 2.05) is 31.1 Å². The van der Waals surface area contributed by atoms with Crippen molar-refractivity contribution in [1.29, 1.82) is 0 Å². The minimum Gasteiger partial charge on any atom is -0.475 e. The van der Waals surface area contributed by atoms with Crippen molar-refractivity contribution in [3.05, 3.63) is 40.6 Å². The van der Waals surface area contributed by atoms with Crippen molar-refractivity contribution in [1.82, 2.24) is 10.1 Å². The van der Waals surface area contributed by atoms with Crippen molar-refractivity contribution < 1.29 is 14.4 Å². The minimum absolute atomic E-state index is 0.191. The predicted molar refractivity (Wildman–Crippen MR) is 71.3 cm³/mol. The summed E-state index contributed by atoms with van der Waals surface area (Å²) in [5.41, 5.74) is 2.18. The lowest BCUT2D eigenvalue weighted by Crippen LogP contribution is -2.10.